The van der Waals surface area contributed by atoms with Gasteiger partial charge in [0.25, 0.3) is 0 Å². The zero-order valence-electron chi connectivity index (χ0n) is 14.0. The van der Waals surface area contributed by atoms with Gasteiger partial charge in [-0.25, -0.2) is 4.39 Å². The maximum Gasteiger partial charge on any atom is 0.127 e. The highest BCUT2D eigenvalue weighted by Crippen LogP contribution is 2.39. The number of rotatable bonds is 4. The molecule has 118 valence electrons. The number of nitrogens with zero attached hydrogens (tertiary/aromatic N) is 1. The Morgan fingerprint density at radius 1 is 1.33 bits per heavy atom. The van der Waals surface area contributed by atoms with Crippen molar-refractivity contribution in [3.05, 3.63) is 35.6 Å². The summed E-state index contributed by atoms with van der Waals surface area (Å²) in [6, 6.07) is 8.09. The Morgan fingerprint density at radius 3 is 2.62 bits per heavy atom. The van der Waals surface area contributed by atoms with Gasteiger partial charge < -0.3 is 5.32 Å². The molecule has 1 fully saturated rings. The van der Waals surface area contributed by atoms with Crippen molar-refractivity contribution in [2.75, 3.05) is 14.1 Å². The van der Waals surface area contributed by atoms with Crippen LogP contribution in [0.15, 0.2) is 24.3 Å². The van der Waals surface area contributed by atoms with Gasteiger partial charge in [0, 0.05) is 23.7 Å². The third-order valence-corrected chi connectivity index (χ3v) is 5.35. The fourth-order valence-electron chi connectivity index (χ4n) is 3.95. The lowest BCUT2D eigenvalue weighted by Gasteiger charge is -2.49. The summed E-state index contributed by atoms with van der Waals surface area (Å²) in [5, 5.41) is 3.51. The fraction of sp³-hybridized carbons (Fsp3) is 0.667. The van der Waals surface area contributed by atoms with Crippen LogP contribution < -0.4 is 5.32 Å². The smallest absolute Gasteiger partial charge is 0.127 e. The first-order valence-corrected chi connectivity index (χ1v) is 8.02. The number of hydrogen-bond acceptors (Lipinski definition) is 2. The van der Waals surface area contributed by atoms with Crippen LogP contribution in [0.25, 0.3) is 0 Å². The van der Waals surface area contributed by atoms with Gasteiger partial charge in [-0.2, -0.15) is 0 Å². The van der Waals surface area contributed by atoms with E-state index in [1.165, 1.54) is 19.3 Å². The first-order valence-electron chi connectivity index (χ1n) is 8.02. The molecule has 1 aromatic rings. The zero-order chi connectivity index (χ0) is 15.6. The predicted molar refractivity (Wildman–Crippen MR) is 86.8 cm³/mol. The van der Waals surface area contributed by atoms with Crippen LogP contribution >= 0.6 is 0 Å². The standard InChI is InChI=1S/C18H29FN2/c1-13(14-9-6-7-10-15(14)19)21(5)16-11-8-12-18(2,3)17(16)20-4/h6-7,9-10,13,16-17,20H,8,11-12H2,1-5H3. The quantitative estimate of drug-likeness (QED) is 0.903. The van der Waals surface area contributed by atoms with Crippen molar-refractivity contribution in [2.24, 2.45) is 5.41 Å². The first-order chi connectivity index (χ1) is 9.88. The highest BCUT2D eigenvalue weighted by Gasteiger charge is 2.40. The molecule has 2 nitrogen and oxygen atoms in total. The summed E-state index contributed by atoms with van der Waals surface area (Å²) in [7, 11) is 4.18. The van der Waals surface area contributed by atoms with E-state index in [1.54, 1.807) is 12.1 Å². The van der Waals surface area contributed by atoms with Gasteiger partial charge in [0.1, 0.15) is 5.82 Å². The molecule has 0 aromatic heterocycles. The van der Waals surface area contributed by atoms with Crippen molar-refractivity contribution in [1.29, 1.82) is 0 Å². The molecule has 0 radical (unpaired) electrons. The van der Waals surface area contributed by atoms with Crippen molar-refractivity contribution >= 4 is 0 Å². The lowest BCUT2D eigenvalue weighted by molar-refractivity contribution is 0.0462. The maximum absolute atomic E-state index is 14.1. The number of hydrogen-bond donors (Lipinski definition) is 1. The molecular weight excluding hydrogens is 263 g/mol. The molecule has 0 amide bonds. The Balaban J connectivity index is 2.22. The summed E-state index contributed by atoms with van der Waals surface area (Å²) in [5.41, 5.74) is 1.07. The SMILES string of the molecule is CNC1C(N(C)C(C)c2ccccc2F)CCCC1(C)C. The molecule has 0 bridgehead atoms. The Bertz CT molecular complexity index is 472. The molecule has 1 saturated carbocycles. The van der Waals surface area contributed by atoms with Crippen LogP contribution in [-0.4, -0.2) is 31.1 Å². The van der Waals surface area contributed by atoms with Crippen LogP contribution in [0.4, 0.5) is 4.39 Å². The Hall–Kier alpha value is -0.930. The number of likely N-dealkylation sites (N-methyl/N-ethyl adjacent to an activating group) is 2. The highest BCUT2D eigenvalue weighted by atomic mass is 19.1. The lowest BCUT2D eigenvalue weighted by Crippen LogP contribution is -2.57. The molecule has 0 saturated heterocycles. The highest BCUT2D eigenvalue weighted by molar-refractivity contribution is 5.21. The van der Waals surface area contributed by atoms with Crippen molar-refractivity contribution in [1.82, 2.24) is 10.2 Å². The molecule has 1 aliphatic carbocycles. The van der Waals surface area contributed by atoms with Crippen molar-refractivity contribution in [3.8, 4) is 0 Å². The summed E-state index contributed by atoms with van der Waals surface area (Å²) in [5.74, 6) is -0.104. The molecule has 2 rings (SSSR count). The van der Waals surface area contributed by atoms with Gasteiger partial charge in [0.05, 0.1) is 0 Å². The van der Waals surface area contributed by atoms with E-state index in [2.05, 4.69) is 38.0 Å². The maximum atomic E-state index is 14.1. The summed E-state index contributed by atoms with van der Waals surface area (Å²) < 4.78 is 14.1. The van der Waals surface area contributed by atoms with Gasteiger partial charge in [-0.05, 0) is 45.3 Å². The number of benzene rings is 1. The molecule has 21 heavy (non-hydrogen) atoms. The molecule has 3 heteroatoms. The van der Waals surface area contributed by atoms with Gasteiger partial charge in [0.2, 0.25) is 0 Å². The number of nitrogens with one attached hydrogen (secondary N) is 1. The van der Waals surface area contributed by atoms with E-state index in [4.69, 9.17) is 0 Å². The normalized spacial score (nSPS) is 26.8. The molecule has 0 aliphatic heterocycles. The minimum atomic E-state index is -0.104. The fourth-order valence-corrected chi connectivity index (χ4v) is 3.95. The van der Waals surface area contributed by atoms with Crippen LogP contribution in [0.5, 0.6) is 0 Å². The van der Waals surface area contributed by atoms with E-state index in [1.807, 2.05) is 19.2 Å². The van der Waals surface area contributed by atoms with Gasteiger partial charge >= 0.3 is 0 Å². The molecule has 3 unspecified atom stereocenters. The second-order valence-corrected chi connectivity index (χ2v) is 7.08. The van der Waals surface area contributed by atoms with Crippen molar-refractivity contribution in [3.63, 3.8) is 0 Å². The number of halogens is 1. The minimum absolute atomic E-state index is 0.0842. The Kier molecular flexibility index (Phi) is 5.05. The van der Waals surface area contributed by atoms with E-state index in [9.17, 15) is 4.39 Å². The van der Waals surface area contributed by atoms with Gasteiger partial charge in [-0.3, -0.25) is 4.90 Å². The second kappa shape index (κ2) is 6.45. The van der Waals surface area contributed by atoms with Crippen molar-refractivity contribution < 1.29 is 4.39 Å². The van der Waals surface area contributed by atoms with Crippen LogP contribution in [0, 0.1) is 11.2 Å². The van der Waals surface area contributed by atoms with Gasteiger partial charge in [0.15, 0.2) is 0 Å². The van der Waals surface area contributed by atoms with Crippen LogP contribution in [0.3, 0.4) is 0 Å². The average Bonchev–Trinajstić information content (AvgIpc) is 2.45. The van der Waals surface area contributed by atoms with Gasteiger partial charge in [-0.15, -0.1) is 0 Å². The molecule has 3 atom stereocenters. The largest absolute Gasteiger partial charge is 0.315 e. The summed E-state index contributed by atoms with van der Waals surface area (Å²) in [6.45, 7) is 6.77. The van der Waals surface area contributed by atoms with E-state index in [0.29, 0.717) is 12.1 Å². The summed E-state index contributed by atoms with van der Waals surface area (Å²) in [4.78, 5) is 2.35. The summed E-state index contributed by atoms with van der Waals surface area (Å²) >= 11 is 0. The molecule has 1 aromatic carbocycles. The Labute approximate surface area is 128 Å². The van der Waals surface area contributed by atoms with Crippen LogP contribution in [0.2, 0.25) is 0 Å². The molecule has 0 heterocycles. The van der Waals surface area contributed by atoms with Crippen LogP contribution in [-0.2, 0) is 0 Å². The van der Waals surface area contributed by atoms with E-state index in [0.717, 1.165) is 5.56 Å². The van der Waals surface area contributed by atoms with Crippen molar-refractivity contribution in [2.45, 2.75) is 58.2 Å². The third kappa shape index (κ3) is 3.29. The lowest BCUT2D eigenvalue weighted by atomic mass is 9.70. The zero-order valence-corrected chi connectivity index (χ0v) is 14.0. The predicted octanol–water partition coefficient (Wildman–Crippen LogP) is 3.99. The molecular formula is C18H29FN2. The minimum Gasteiger partial charge on any atom is -0.315 e. The van der Waals surface area contributed by atoms with Gasteiger partial charge in [-0.1, -0.05) is 38.5 Å². The topological polar surface area (TPSA) is 15.3 Å². The van der Waals surface area contributed by atoms with E-state index in [-0.39, 0.29) is 17.3 Å². The monoisotopic (exact) mass is 292 g/mol. The Morgan fingerprint density at radius 2 is 2.00 bits per heavy atom. The van der Waals surface area contributed by atoms with E-state index >= 15 is 0 Å². The molecule has 1 N–H and O–H groups in total. The third-order valence-electron chi connectivity index (χ3n) is 5.35. The summed E-state index contributed by atoms with van der Waals surface area (Å²) in [6.07, 6.45) is 3.66. The average molecular weight is 292 g/mol. The molecule has 0 spiro atoms. The second-order valence-electron chi connectivity index (χ2n) is 7.08. The van der Waals surface area contributed by atoms with E-state index < -0.39 is 0 Å². The van der Waals surface area contributed by atoms with Crippen LogP contribution in [0.1, 0.15) is 51.6 Å². The first kappa shape index (κ1) is 16.4. The molecule has 1 aliphatic rings.